The van der Waals surface area contributed by atoms with Crippen LogP contribution in [0.4, 0.5) is 0 Å². The molecule has 4 N–H and O–H groups in total. The van der Waals surface area contributed by atoms with Gasteiger partial charge in [-0.05, 0) is 30.7 Å². The number of sulfonamides is 1. The second kappa shape index (κ2) is 6.72. The molecular weight excluding hydrogens is 290 g/mol. The second-order valence-electron chi connectivity index (χ2n) is 4.69. The van der Waals surface area contributed by atoms with Gasteiger partial charge in [0.1, 0.15) is 0 Å². The maximum Gasteiger partial charge on any atom is 0.240 e. The maximum atomic E-state index is 12.2. The molecule has 0 bridgehead atoms. The molecule has 0 spiro atoms. The molecule has 0 radical (unpaired) electrons. The Labute approximate surface area is 124 Å². The average molecular weight is 307 g/mol. The first-order valence-electron chi connectivity index (χ1n) is 6.59. The lowest BCUT2D eigenvalue weighted by Gasteiger charge is -2.23. The van der Waals surface area contributed by atoms with Crippen LogP contribution in [0, 0.1) is 11.8 Å². The second-order valence-corrected chi connectivity index (χ2v) is 6.41. The van der Waals surface area contributed by atoms with Gasteiger partial charge in [-0.25, -0.2) is 13.1 Å². The fourth-order valence-electron chi connectivity index (χ4n) is 1.99. The molecule has 21 heavy (non-hydrogen) atoms. The highest BCUT2D eigenvalue weighted by atomic mass is 32.2. The zero-order chi connectivity index (χ0) is 15.3. The van der Waals surface area contributed by atoms with Crippen molar-refractivity contribution >= 4 is 15.9 Å². The van der Waals surface area contributed by atoms with Gasteiger partial charge in [0, 0.05) is 24.6 Å². The van der Waals surface area contributed by atoms with Crippen LogP contribution in [0.3, 0.4) is 0 Å². The van der Waals surface area contributed by atoms with Crippen molar-refractivity contribution < 1.29 is 13.2 Å². The van der Waals surface area contributed by atoms with Crippen LogP contribution in [-0.2, 0) is 14.8 Å². The summed E-state index contributed by atoms with van der Waals surface area (Å²) in [5.41, 5.74) is 5.99. The first-order valence-corrected chi connectivity index (χ1v) is 8.07. The van der Waals surface area contributed by atoms with Gasteiger partial charge in [0.2, 0.25) is 15.9 Å². The van der Waals surface area contributed by atoms with Crippen molar-refractivity contribution in [3.8, 4) is 11.8 Å². The number of piperidine rings is 1. The summed E-state index contributed by atoms with van der Waals surface area (Å²) >= 11 is 0. The highest BCUT2D eigenvalue weighted by Gasteiger charge is 2.23. The summed E-state index contributed by atoms with van der Waals surface area (Å²) in [5, 5.41) is 2.64. The summed E-state index contributed by atoms with van der Waals surface area (Å²) in [6.45, 7) is 0.577. The van der Waals surface area contributed by atoms with E-state index in [0.29, 0.717) is 24.9 Å². The van der Waals surface area contributed by atoms with Gasteiger partial charge < -0.3 is 11.1 Å². The van der Waals surface area contributed by atoms with Crippen molar-refractivity contribution in [2.24, 2.45) is 5.73 Å². The highest BCUT2D eigenvalue weighted by molar-refractivity contribution is 7.89. The van der Waals surface area contributed by atoms with E-state index in [-0.39, 0.29) is 23.4 Å². The van der Waals surface area contributed by atoms with Crippen LogP contribution in [0.1, 0.15) is 18.4 Å². The monoisotopic (exact) mass is 307 g/mol. The van der Waals surface area contributed by atoms with Crippen LogP contribution in [0.5, 0.6) is 0 Å². The molecule has 1 unspecified atom stereocenters. The zero-order valence-electron chi connectivity index (χ0n) is 11.4. The van der Waals surface area contributed by atoms with Crippen molar-refractivity contribution in [1.29, 1.82) is 0 Å². The largest absolute Gasteiger partial charge is 0.355 e. The first kappa shape index (κ1) is 15.5. The molecule has 1 saturated heterocycles. The third-order valence-electron chi connectivity index (χ3n) is 3.09. The molecule has 0 aliphatic carbocycles. The van der Waals surface area contributed by atoms with Crippen molar-refractivity contribution in [2.45, 2.75) is 23.8 Å². The molecule has 1 aromatic carbocycles. The average Bonchev–Trinajstić information content (AvgIpc) is 2.48. The lowest BCUT2D eigenvalue weighted by Crippen LogP contribution is -2.47. The number of carbonyl (C=O) groups is 1. The Balaban J connectivity index is 2.07. The van der Waals surface area contributed by atoms with E-state index in [1.165, 1.54) is 12.1 Å². The summed E-state index contributed by atoms with van der Waals surface area (Å²) in [7, 11) is -3.59. The fraction of sp³-hybridized carbons (Fsp3) is 0.357. The highest BCUT2D eigenvalue weighted by Crippen LogP contribution is 2.12. The number of hydrogen-bond acceptors (Lipinski definition) is 4. The van der Waals surface area contributed by atoms with Gasteiger partial charge in [-0.15, -0.1) is 0 Å². The minimum Gasteiger partial charge on any atom is -0.355 e. The topological polar surface area (TPSA) is 101 Å². The summed E-state index contributed by atoms with van der Waals surface area (Å²) in [4.78, 5) is 11.2. The van der Waals surface area contributed by atoms with E-state index in [9.17, 15) is 13.2 Å². The number of hydrogen-bond donors (Lipinski definition) is 3. The lowest BCUT2D eigenvalue weighted by molar-refractivity contribution is -0.122. The van der Waals surface area contributed by atoms with E-state index >= 15 is 0 Å². The smallest absolute Gasteiger partial charge is 0.240 e. The summed E-state index contributed by atoms with van der Waals surface area (Å²) < 4.78 is 27.1. The lowest BCUT2D eigenvalue weighted by atomic mass is 10.1. The summed E-state index contributed by atoms with van der Waals surface area (Å²) in [6.07, 6.45) is 0.839. The molecule has 6 nitrogen and oxygen atoms in total. The van der Waals surface area contributed by atoms with Crippen LogP contribution < -0.4 is 15.8 Å². The molecule has 1 aliphatic rings. The van der Waals surface area contributed by atoms with Crippen LogP contribution in [0.25, 0.3) is 0 Å². The van der Waals surface area contributed by atoms with Crippen LogP contribution in [0.2, 0.25) is 0 Å². The molecule has 1 aliphatic heterocycles. The number of nitrogens with two attached hydrogens (primary N) is 1. The molecule has 7 heteroatoms. The molecule has 1 aromatic rings. The number of carbonyl (C=O) groups excluding carboxylic acids is 1. The van der Waals surface area contributed by atoms with Gasteiger partial charge in [0.15, 0.2) is 0 Å². The summed E-state index contributed by atoms with van der Waals surface area (Å²) in [5.74, 6) is 5.49. The quantitative estimate of drug-likeness (QED) is 0.659. The van der Waals surface area contributed by atoms with Crippen molar-refractivity contribution in [3.05, 3.63) is 29.8 Å². The number of amides is 1. The van der Waals surface area contributed by atoms with E-state index < -0.39 is 10.0 Å². The summed E-state index contributed by atoms with van der Waals surface area (Å²) in [6, 6.07) is 6.01. The predicted molar refractivity (Wildman–Crippen MR) is 78.7 cm³/mol. The molecular formula is C14H17N3O3S. The van der Waals surface area contributed by atoms with Crippen molar-refractivity contribution in [1.82, 2.24) is 10.0 Å². The third-order valence-corrected chi connectivity index (χ3v) is 4.62. The Morgan fingerprint density at radius 2 is 2.05 bits per heavy atom. The van der Waals surface area contributed by atoms with Gasteiger partial charge in [-0.1, -0.05) is 11.8 Å². The Hall–Kier alpha value is -1.88. The van der Waals surface area contributed by atoms with Crippen LogP contribution in [0.15, 0.2) is 29.2 Å². The molecule has 1 heterocycles. The number of nitrogens with one attached hydrogen (secondary N) is 2. The Kier molecular flexibility index (Phi) is 4.96. The standard InChI is InChI=1S/C14H17N3O3S/c15-9-1-2-11-3-6-13(7-4-11)21(19,20)17-12-5-8-14(18)16-10-12/h3-4,6-7,12,17H,5,8-10,15H2,(H,16,18). The normalized spacial score (nSPS) is 18.5. The molecule has 1 amide bonds. The van der Waals surface area contributed by atoms with E-state index in [2.05, 4.69) is 21.9 Å². The molecule has 1 fully saturated rings. The Bertz CT molecular complexity index is 662. The van der Waals surface area contributed by atoms with Gasteiger partial charge in [0.25, 0.3) is 0 Å². The SMILES string of the molecule is NCC#Cc1ccc(S(=O)(=O)NC2CCC(=O)NC2)cc1. The van der Waals surface area contributed by atoms with E-state index in [1.54, 1.807) is 12.1 Å². The first-order chi connectivity index (χ1) is 10.0. The molecule has 1 atom stereocenters. The van der Waals surface area contributed by atoms with Gasteiger partial charge in [0.05, 0.1) is 11.4 Å². The molecule has 0 aromatic heterocycles. The molecule has 2 rings (SSSR count). The van der Waals surface area contributed by atoms with E-state index in [1.807, 2.05) is 0 Å². The third kappa shape index (κ3) is 4.29. The van der Waals surface area contributed by atoms with Crippen LogP contribution in [-0.4, -0.2) is 33.5 Å². The van der Waals surface area contributed by atoms with Crippen molar-refractivity contribution in [2.75, 3.05) is 13.1 Å². The zero-order valence-corrected chi connectivity index (χ0v) is 12.2. The van der Waals surface area contributed by atoms with E-state index in [0.717, 1.165) is 0 Å². The van der Waals surface area contributed by atoms with E-state index in [4.69, 9.17) is 5.73 Å². The molecule has 112 valence electrons. The molecule has 0 saturated carbocycles. The maximum absolute atomic E-state index is 12.2. The van der Waals surface area contributed by atoms with Gasteiger partial charge in [-0.3, -0.25) is 4.79 Å². The number of rotatable bonds is 3. The van der Waals surface area contributed by atoms with Gasteiger partial charge >= 0.3 is 0 Å². The predicted octanol–water partition coefficient (Wildman–Crippen LogP) is -0.446. The Morgan fingerprint density at radius 1 is 1.33 bits per heavy atom. The minimum atomic E-state index is -3.59. The van der Waals surface area contributed by atoms with Gasteiger partial charge in [-0.2, -0.15) is 0 Å². The Morgan fingerprint density at radius 3 is 2.62 bits per heavy atom. The van der Waals surface area contributed by atoms with Crippen LogP contribution >= 0.6 is 0 Å². The van der Waals surface area contributed by atoms with Crippen molar-refractivity contribution in [3.63, 3.8) is 0 Å². The fourth-order valence-corrected chi connectivity index (χ4v) is 3.26. The minimum absolute atomic E-state index is 0.0479. The number of benzene rings is 1.